The lowest BCUT2D eigenvalue weighted by Crippen LogP contribution is -2.55. The Morgan fingerprint density at radius 3 is 2.70 bits per heavy atom. The van der Waals surface area contributed by atoms with Crippen LogP contribution in [0, 0.1) is 11.8 Å². The summed E-state index contributed by atoms with van der Waals surface area (Å²) in [5.41, 5.74) is 10.9. The molecule has 4 N–H and O–H groups in total. The summed E-state index contributed by atoms with van der Waals surface area (Å²) in [4.78, 5) is 13.9. The van der Waals surface area contributed by atoms with E-state index in [-0.39, 0.29) is 11.8 Å². The highest BCUT2D eigenvalue weighted by atomic mass is 16.5. The number of rotatable bonds is 6. The normalized spacial score (nSPS) is 31.9. The minimum absolute atomic E-state index is 0.247. The monoisotopic (exact) mass is 283 g/mol. The molecule has 1 aliphatic heterocycles. The van der Waals surface area contributed by atoms with Crippen LogP contribution in [0.25, 0.3) is 0 Å². The highest BCUT2D eigenvalue weighted by Gasteiger charge is 2.43. The fraction of sp³-hybridized carbons (Fsp3) is 0.933. The Kier molecular flexibility index (Phi) is 5.41. The van der Waals surface area contributed by atoms with Crippen LogP contribution < -0.4 is 11.5 Å². The van der Waals surface area contributed by atoms with Crippen molar-refractivity contribution >= 4 is 5.91 Å². The summed E-state index contributed by atoms with van der Waals surface area (Å²) in [6.45, 7) is 3.90. The Morgan fingerprint density at radius 2 is 2.05 bits per heavy atom. The van der Waals surface area contributed by atoms with E-state index >= 15 is 0 Å². The maximum Gasteiger partial charge on any atom is 0.237 e. The summed E-state index contributed by atoms with van der Waals surface area (Å²) in [7, 11) is 2.16. The van der Waals surface area contributed by atoms with Gasteiger partial charge in [0.2, 0.25) is 5.91 Å². The molecule has 2 atom stereocenters. The number of hydrogen-bond donors (Lipinski definition) is 2. The summed E-state index contributed by atoms with van der Waals surface area (Å²) in [6.07, 6.45) is 6.10. The van der Waals surface area contributed by atoms with Crippen molar-refractivity contribution in [1.29, 1.82) is 0 Å². The van der Waals surface area contributed by atoms with Gasteiger partial charge in [-0.2, -0.15) is 0 Å². The number of carbonyl (C=O) groups excluding carboxylic acids is 1. The van der Waals surface area contributed by atoms with Crippen molar-refractivity contribution in [3.05, 3.63) is 0 Å². The zero-order valence-corrected chi connectivity index (χ0v) is 12.6. The summed E-state index contributed by atoms with van der Waals surface area (Å²) < 4.78 is 5.39. The van der Waals surface area contributed by atoms with Crippen molar-refractivity contribution in [2.24, 2.45) is 23.3 Å². The van der Waals surface area contributed by atoms with Crippen LogP contribution in [0.2, 0.25) is 0 Å². The summed E-state index contributed by atoms with van der Waals surface area (Å²) in [5, 5.41) is 0. The van der Waals surface area contributed by atoms with Gasteiger partial charge >= 0.3 is 0 Å². The molecule has 1 saturated heterocycles. The van der Waals surface area contributed by atoms with Crippen molar-refractivity contribution < 1.29 is 9.53 Å². The molecule has 1 saturated carbocycles. The molecular formula is C15H29N3O2. The first-order valence-electron chi connectivity index (χ1n) is 7.87. The van der Waals surface area contributed by atoms with E-state index in [1.165, 1.54) is 0 Å². The smallest absolute Gasteiger partial charge is 0.237 e. The summed E-state index contributed by atoms with van der Waals surface area (Å²) in [6, 6.07) is 0. The molecule has 20 heavy (non-hydrogen) atoms. The molecule has 1 amide bonds. The van der Waals surface area contributed by atoms with E-state index in [4.69, 9.17) is 16.2 Å². The lowest BCUT2D eigenvalue weighted by molar-refractivity contribution is -0.124. The van der Waals surface area contributed by atoms with Crippen molar-refractivity contribution in [2.45, 2.75) is 44.1 Å². The third kappa shape index (κ3) is 3.71. The third-order valence-electron chi connectivity index (χ3n) is 5.10. The van der Waals surface area contributed by atoms with E-state index in [9.17, 15) is 4.79 Å². The van der Waals surface area contributed by atoms with E-state index in [0.717, 1.165) is 70.7 Å². The molecule has 0 aromatic heterocycles. The van der Waals surface area contributed by atoms with Crippen LogP contribution in [0.1, 0.15) is 38.5 Å². The van der Waals surface area contributed by atoms with Gasteiger partial charge in [-0.3, -0.25) is 4.79 Å². The number of ether oxygens (including phenoxy) is 1. The quantitative estimate of drug-likeness (QED) is 0.752. The number of amides is 1. The molecule has 0 spiro atoms. The SMILES string of the molecule is CN(CCC1CCCC1(N)C(N)=O)CC1CCOCC1. The molecule has 116 valence electrons. The van der Waals surface area contributed by atoms with E-state index < -0.39 is 5.54 Å². The number of hydrogen-bond acceptors (Lipinski definition) is 4. The fourth-order valence-electron chi connectivity index (χ4n) is 3.67. The molecule has 0 aromatic rings. The first-order chi connectivity index (χ1) is 9.52. The average Bonchev–Trinajstić information content (AvgIpc) is 2.80. The molecule has 1 heterocycles. The van der Waals surface area contributed by atoms with E-state index in [0.29, 0.717) is 0 Å². The standard InChI is InChI=1S/C15H29N3O2/c1-18(11-12-5-9-20-10-6-12)8-4-13-3-2-7-15(13,17)14(16)19/h12-13H,2-11,17H2,1H3,(H2,16,19). The highest BCUT2D eigenvalue weighted by molar-refractivity contribution is 5.85. The Balaban J connectivity index is 1.75. The number of nitrogens with two attached hydrogens (primary N) is 2. The van der Waals surface area contributed by atoms with Crippen LogP contribution in [0.3, 0.4) is 0 Å². The molecule has 0 bridgehead atoms. The van der Waals surface area contributed by atoms with Gasteiger partial charge in [-0.15, -0.1) is 0 Å². The van der Waals surface area contributed by atoms with Gasteiger partial charge in [0.25, 0.3) is 0 Å². The Bertz CT molecular complexity index is 331. The second-order valence-electron chi connectivity index (χ2n) is 6.60. The Labute approximate surface area is 122 Å². The predicted octanol–water partition coefficient (Wildman–Crippen LogP) is 0.718. The maximum atomic E-state index is 11.6. The zero-order valence-electron chi connectivity index (χ0n) is 12.6. The van der Waals surface area contributed by atoms with Crippen LogP contribution in [-0.2, 0) is 9.53 Å². The van der Waals surface area contributed by atoms with Gasteiger partial charge < -0.3 is 21.1 Å². The number of primary amides is 1. The maximum absolute atomic E-state index is 11.6. The minimum Gasteiger partial charge on any atom is -0.381 e. The third-order valence-corrected chi connectivity index (χ3v) is 5.10. The molecule has 1 aliphatic carbocycles. The lowest BCUT2D eigenvalue weighted by Gasteiger charge is -2.31. The number of carbonyl (C=O) groups is 1. The summed E-state index contributed by atoms with van der Waals surface area (Å²) >= 11 is 0. The molecule has 5 nitrogen and oxygen atoms in total. The van der Waals surface area contributed by atoms with Gasteiger partial charge in [0.05, 0.1) is 5.54 Å². The Hall–Kier alpha value is -0.650. The highest BCUT2D eigenvalue weighted by Crippen LogP contribution is 2.36. The van der Waals surface area contributed by atoms with Gasteiger partial charge in [-0.25, -0.2) is 0 Å². The van der Waals surface area contributed by atoms with Crippen LogP contribution in [-0.4, -0.2) is 49.7 Å². The van der Waals surface area contributed by atoms with Gasteiger partial charge in [-0.05, 0) is 57.5 Å². The average molecular weight is 283 g/mol. The predicted molar refractivity (Wildman–Crippen MR) is 79.1 cm³/mol. The van der Waals surface area contributed by atoms with Crippen molar-refractivity contribution in [3.8, 4) is 0 Å². The van der Waals surface area contributed by atoms with E-state index in [1.54, 1.807) is 0 Å². The van der Waals surface area contributed by atoms with Crippen LogP contribution in [0.5, 0.6) is 0 Å². The Morgan fingerprint density at radius 1 is 1.35 bits per heavy atom. The topological polar surface area (TPSA) is 81.6 Å². The van der Waals surface area contributed by atoms with Crippen molar-refractivity contribution in [3.63, 3.8) is 0 Å². The van der Waals surface area contributed by atoms with Crippen molar-refractivity contribution in [2.75, 3.05) is 33.4 Å². The molecule has 2 fully saturated rings. The molecule has 2 unspecified atom stereocenters. The van der Waals surface area contributed by atoms with E-state index in [1.807, 2.05) is 0 Å². The molecular weight excluding hydrogens is 254 g/mol. The van der Waals surface area contributed by atoms with Gasteiger partial charge in [0.15, 0.2) is 0 Å². The van der Waals surface area contributed by atoms with Crippen LogP contribution >= 0.6 is 0 Å². The zero-order chi connectivity index (χ0) is 14.6. The minimum atomic E-state index is -0.764. The van der Waals surface area contributed by atoms with Gasteiger partial charge in [0, 0.05) is 19.8 Å². The van der Waals surface area contributed by atoms with Gasteiger partial charge in [0.1, 0.15) is 0 Å². The van der Waals surface area contributed by atoms with Gasteiger partial charge in [-0.1, -0.05) is 6.42 Å². The molecule has 2 rings (SSSR count). The second kappa shape index (κ2) is 6.87. The first kappa shape index (κ1) is 15.7. The molecule has 2 aliphatic rings. The van der Waals surface area contributed by atoms with Crippen molar-refractivity contribution in [1.82, 2.24) is 4.90 Å². The number of nitrogens with zero attached hydrogens (tertiary/aromatic N) is 1. The van der Waals surface area contributed by atoms with Crippen LogP contribution in [0.15, 0.2) is 0 Å². The molecule has 0 aromatic carbocycles. The van der Waals surface area contributed by atoms with E-state index in [2.05, 4.69) is 11.9 Å². The molecule has 0 radical (unpaired) electrons. The fourth-order valence-corrected chi connectivity index (χ4v) is 3.67. The summed E-state index contributed by atoms with van der Waals surface area (Å²) in [5.74, 6) is 0.667. The molecule has 5 heteroatoms. The lowest BCUT2D eigenvalue weighted by atomic mass is 9.85. The second-order valence-corrected chi connectivity index (χ2v) is 6.60. The first-order valence-corrected chi connectivity index (χ1v) is 7.87. The van der Waals surface area contributed by atoms with Crippen LogP contribution in [0.4, 0.5) is 0 Å². The largest absolute Gasteiger partial charge is 0.381 e.